The van der Waals surface area contributed by atoms with E-state index in [-0.39, 0.29) is 28.3 Å². The van der Waals surface area contributed by atoms with Crippen LogP contribution in [0.5, 0.6) is 0 Å². The SMILES string of the molecule is N#CC(C#N)=c1cc/c(=C/c2ccc(C3=C(N=S)C(N)=C(c4ccc(/C=c5/ccc(=C(C#N)C#N)s5)s4)/C(=N/S)C3=N)s2)s1. The van der Waals surface area contributed by atoms with Crippen LogP contribution in [-0.4, -0.2) is 11.4 Å². The number of hydrogen-bond acceptors (Lipinski definition) is 14. The van der Waals surface area contributed by atoms with Gasteiger partial charge in [-0.15, -0.1) is 45.3 Å². The fourth-order valence-corrected chi connectivity index (χ4v) is 8.62. The highest BCUT2D eigenvalue weighted by Gasteiger charge is 2.32. The third kappa shape index (κ3) is 5.87. The predicted molar refractivity (Wildman–Crippen MR) is 184 cm³/mol. The van der Waals surface area contributed by atoms with Gasteiger partial charge in [-0.2, -0.15) is 25.4 Å². The standard InChI is InChI=1S/C30H14N8S6/c31-11-15(12-32)21-5-1-17(41-21)9-19-3-7-23(43-19)25-27(35)30(38-40)26(28(36)29(25)37-39)24-8-4-20(44-24)10-18-2-6-22(42-18)16(13-33)14-34/h1-10,35,40H,36H2/b17-9-,18-10-,35-27?,38-30-. The van der Waals surface area contributed by atoms with Crippen LogP contribution in [0.4, 0.5) is 0 Å². The molecule has 0 radical (unpaired) electrons. The van der Waals surface area contributed by atoms with Gasteiger partial charge in [0.05, 0.1) is 20.5 Å². The number of nitrogens with one attached hydrogen (secondary N) is 1. The van der Waals surface area contributed by atoms with E-state index in [4.69, 9.17) is 44.6 Å². The van der Waals surface area contributed by atoms with E-state index in [1.54, 1.807) is 12.1 Å². The van der Waals surface area contributed by atoms with Gasteiger partial charge in [-0.3, -0.25) is 5.41 Å². The summed E-state index contributed by atoms with van der Waals surface area (Å²) in [6, 6.07) is 22.4. The van der Waals surface area contributed by atoms with Crippen LogP contribution in [0, 0.1) is 50.7 Å². The Morgan fingerprint density at radius 2 is 1.23 bits per heavy atom. The minimum absolute atomic E-state index is 0.0653. The van der Waals surface area contributed by atoms with Crippen molar-refractivity contribution in [1.82, 2.24) is 0 Å². The van der Waals surface area contributed by atoms with Crippen molar-refractivity contribution in [3.8, 4) is 24.3 Å². The van der Waals surface area contributed by atoms with Crippen LogP contribution in [0.2, 0.25) is 0 Å². The van der Waals surface area contributed by atoms with E-state index in [1.165, 1.54) is 45.3 Å². The molecule has 0 unspecified atom stereocenters. The van der Waals surface area contributed by atoms with Crippen LogP contribution in [-0.2, 0) is 12.4 Å². The van der Waals surface area contributed by atoms with E-state index in [2.05, 4.69) is 21.6 Å². The highest BCUT2D eigenvalue weighted by molar-refractivity contribution is 7.79. The Morgan fingerprint density at radius 1 is 0.750 bits per heavy atom. The number of nitrogens with zero attached hydrogens (tertiary/aromatic N) is 6. The maximum Gasteiger partial charge on any atom is 0.146 e. The third-order valence-electron chi connectivity index (χ3n) is 6.19. The van der Waals surface area contributed by atoms with Crippen molar-refractivity contribution in [3.05, 3.63) is 97.6 Å². The van der Waals surface area contributed by atoms with Crippen molar-refractivity contribution in [2.24, 2.45) is 14.5 Å². The topological polar surface area (TPSA) is 170 Å². The molecule has 4 heterocycles. The first-order valence-corrected chi connectivity index (χ1v) is 16.2. The maximum atomic E-state index is 9.15. The zero-order valence-electron chi connectivity index (χ0n) is 22.0. The molecule has 3 N–H and O–H groups in total. The summed E-state index contributed by atoms with van der Waals surface area (Å²) < 4.78 is 11.2. The van der Waals surface area contributed by atoms with Gasteiger partial charge in [0.25, 0.3) is 0 Å². The molecule has 5 rings (SSSR count). The molecule has 14 heteroatoms. The summed E-state index contributed by atoms with van der Waals surface area (Å²) in [6.07, 6.45) is 3.88. The number of nitrogens with two attached hydrogens (primary N) is 1. The second kappa shape index (κ2) is 13.3. The first-order valence-electron chi connectivity index (χ1n) is 12.2. The Morgan fingerprint density at radius 3 is 1.66 bits per heavy atom. The van der Waals surface area contributed by atoms with Crippen molar-refractivity contribution in [2.45, 2.75) is 0 Å². The molecule has 0 amide bonds. The van der Waals surface area contributed by atoms with Crippen molar-refractivity contribution >= 4 is 116 Å². The van der Waals surface area contributed by atoms with Gasteiger partial charge >= 0.3 is 0 Å². The largest absolute Gasteiger partial charge is 0.396 e. The van der Waals surface area contributed by atoms with E-state index >= 15 is 0 Å². The third-order valence-corrected chi connectivity index (χ3v) is 10.8. The Kier molecular flexibility index (Phi) is 9.24. The monoisotopic (exact) mass is 678 g/mol. The van der Waals surface area contributed by atoms with Crippen LogP contribution in [0.15, 0.2) is 68.7 Å². The Hall–Kier alpha value is -4.77. The predicted octanol–water partition coefficient (Wildman–Crippen LogP) is 4.12. The van der Waals surface area contributed by atoms with Gasteiger partial charge in [0.2, 0.25) is 0 Å². The van der Waals surface area contributed by atoms with Crippen molar-refractivity contribution in [3.63, 3.8) is 0 Å². The molecule has 0 aromatic carbocycles. The molecule has 0 bridgehead atoms. The van der Waals surface area contributed by atoms with Gasteiger partial charge in [-0.25, -0.2) is 4.40 Å². The normalized spacial score (nSPS) is 14.8. The lowest BCUT2D eigenvalue weighted by Crippen LogP contribution is -2.26. The molecule has 1 aliphatic carbocycles. The number of thiol groups is 1. The molecule has 0 aliphatic heterocycles. The summed E-state index contributed by atoms with van der Waals surface area (Å²) in [5.41, 5.74) is 8.71. The molecule has 210 valence electrons. The second-order valence-corrected chi connectivity index (χ2v) is 13.6. The van der Waals surface area contributed by atoms with E-state index in [0.717, 1.165) is 28.6 Å². The molecular formula is C30H14N8S6. The Bertz CT molecular complexity index is 2370. The quantitative estimate of drug-likeness (QED) is 0.212. The molecule has 0 atom stereocenters. The smallest absolute Gasteiger partial charge is 0.146 e. The van der Waals surface area contributed by atoms with Crippen LogP contribution < -0.4 is 23.9 Å². The molecule has 0 saturated carbocycles. The van der Waals surface area contributed by atoms with Crippen LogP contribution in [0.25, 0.3) is 34.4 Å². The summed E-state index contributed by atoms with van der Waals surface area (Å²) in [7, 11) is 0. The minimum Gasteiger partial charge on any atom is -0.396 e. The average molecular weight is 679 g/mol. The fraction of sp³-hybridized carbons (Fsp3) is 0. The summed E-state index contributed by atoms with van der Waals surface area (Å²) in [5.74, 6) is 0. The first-order chi connectivity index (χ1) is 21.3. The Labute approximate surface area is 277 Å². The minimum atomic E-state index is 0.0653. The van der Waals surface area contributed by atoms with E-state index in [9.17, 15) is 0 Å². The second-order valence-electron chi connectivity index (χ2n) is 8.72. The van der Waals surface area contributed by atoms with Crippen molar-refractivity contribution in [2.75, 3.05) is 0 Å². The molecule has 8 nitrogen and oxygen atoms in total. The Balaban J connectivity index is 1.56. The molecule has 4 aromatic heterocycles. The lowest BCUT2D eigenvalue weighted by atomic mass is 9.88. The summed E-state index contributed by atoms with van der Waals surface area (Å²) >= 11 is 14.9. The van der Waals surface area contributed by atoms with Crippen molar-refractivity contribution in [1.29, 1.82) is 26.5 Å². The summed E-state index contributed by atoms with van der Waals surface area (Å²) in [5, 5.41) is 45.7. The van der Waals surface area contributed by atoms with Gasteiger partial charge < -0.3 is 5.73 Å². The fourth-order valence-electron chi connectivity index (χ4n) is 4.24. The van der Waals surface area contributed by atoms with E-state index in [0.29, 0.717) is 25.9 Å². The number of allylic oxidation sites excluding steroid dienone is 2. The molecular weight excluding hydrogens is 665 g/mol. The van der Waals surface area contributed by atoms with Gasteiger partial charge in [0.15, 0.2) is 0 Å². The summed E-state index contributed by atoms with van der Waals surface area (Å²) in [6.45, 7) is 0. The van der Waals surface area contributed by atoms with Gasteiger partial charge in [-0.05, 0) is 73.5 Å². The summed E-state index contributed by atoms with van der Waals surface area (Å²) in [4.78, 5) is 3.25. The maximum absolute atomic E-state index is 9.15. The van der Waals surface area contributed by atoms with Gasteiger partial charge in [0, 0.05) is 52.1 Å². The van der Waals surface area contributed by atoms with Gasteiger partial charge in [0.1, 0.15) is 46.8 Å². The molecule has 44 heavy (non-hydrogen) atoms. The van der Waals surface area contributed by atoms with E-state index in [1.807, 2.05) is 72.8 Å². The van der Waals surface area contributed by atoms with Crippen LogP contribution >= 0.6 is 58.2 Å². The number of hydrogen-bond donors (Lipinski definition) is 3. The lowest BCUT2D eigenvalue weighted by Gasteiger charge is -2.22. The number of rotatable bonds is 5. The van der Waals surface area contributed by atoms with E-state index < -0.39 is 0 Å². The lowest BCUT2D eigenvalue weighted by molar-refractivity contribution is 1.28. The number of nitriles is 4. The molecule has 0 spiro atoms. The van der Waals surface area contributed by atoms with Crippen LogP contribution in [0.3, 0.4) is 0 Å². The molecule has 0 fully saturated rings. The zero-order chi connectivity index (χ0) is 31.4. The number of thiophene rings is 4. The van der Waals surface area contributed by atoms with Gasteiger partial charge in [-0.1, -0.05) is 0 Å². The zero-order valence-corrected chi connectivity index (χ0v) is 27.0. The highest BCUT2D eigenvalue weighted by atomic mass is 32.1. The average Bonchev–Trinajstić information content (AvgIpc) is 3.85. The first kappa shape index (κ1) is 30.7. The molecule has 0 saturated heterocycles. The highest BCUT2D eigenvalue weighted by Crippen LogP contribution is 2.40. The van der Waals surface area contributed by atoms with Crippen LogP contribution in [0.1, 0.15) is 19.5 Å². The molecule has 1 aliphatic rings. The molecule has 4 aromatic rings. The van der Waals surface area contributed by atoms with Crippen molar-refractivity contribution < 1.29 is 0 Å².